The molecule has 76 valence electrons. The first-order valence-electron chi connectivity index (χ1n) is 5.26. The summed E-state index contributed by atoms with van der Waals surface area (Å²) in [6.07, 6.45) is 14.1. The zero-order chi connectivity index (χ0) is 10.1. The molecule has 1 aromatic heterocycles. The molecule has 2 nitrogen and oxygen atoms in total. The van der Waals surface area contributed by atoms with Crippen LogP contribution in [0.4, 0.5) is 0 Å². The predicted octanol–water partition coefficient (Wildman–Crippen LogP) is 3.23. The van der Waals surface area contributed by atoms with Crippen LogP contribution in [0.1, 0.15) is 32.1 Å². The number of rotatable bonds is 1. The van der Waals surface area contributed by atoms with E-state index in [1.807, 2.05) is 0 Å². The molecule has 0 N–H and O–H groups in total. The molecule has 0 atom stereocenters. The Kier molecular flexibility index (Phi) is 5.64. The predicted molar refractivity (Wildman–Crippen MR) is 58.8 cm³/mol. The number of aromatic nitrogens is 2. The van der Waals surface area contributed by atoms with Crippen molar-refractivity contribution in [1.29, 1.82) is 0 Å². The quantitative estimate of drug-likeness (QED) is 0.635. The highest BCUT2D eigenvalue weighted by molar-refractivity contribution is 4.80. The number of nitrogens with zero attached hydrogens (tertiary/aromatic N) is 2. The van der Waals surface area contributed by atoms with Crippen molar-refractivity contribution in [2.75, 3.05) is 0 Å². The fourth-order valence-electron chi connectivity index (χ4n) is 1.62. The molecule has 0 bridgehead atoms. The molecule has 1 aliphatic rings. The maximum absolute atomic E-state index is 3.78. The maximum Gasteiger partial charge on any atom is 0.115 e. The molecule has 0 aliphatic heterocycles. The summed E-state index contributed by atoms with van der Waals surface area (Å²) in [7, 11) is 0. The number of hydrogen-bond acceptors (Lipinski definition) is 2. The van der Waals surface area contributed by atoms with Crippen LogP contribution in [0.5, 0.6) is 0 Å². The van der Waals surface area contributed by atoms with Crippen LogP contribution in [0.15, 0.2) is 37.4 Å². The van der Waals surface area contributed by atoms with Gasteiger partial charge in [0.2, 0.25) is 0 Å². The van der Waals surface area contributed by atoms with Gasteiger partial charge < -0.3 is 0 Å². The van der Waals surface area contributed by atoms with Crippen LogP contribution < -0.4 is 0 Å². The summed E-state index contributed by atoms with van der Waals surface area (Å²) < 4.78 is 0. The molecule has 0 aromatic carbocycles. The van der Waals surface area contributed by atoms with Crippen molar-refractivity contribution >= 4 is 0 Å². The first kappa shape index (κ1) is 10.9. The van der Waals surface area contributed by atoms with E-state index in [0.717, 1.165) is 5.92 Å². The van der Waals surface area contributed by atoms with Gasteiger partial charge in [-0.3, -0.25) is 0 Å². The lowest BCUT2D eigenvalue weighted by atomic mass is 9.90. The van der Waals surface area contributed by atoms with E-state index in [1.54, 1.807) is 18.5 Å². The maximum atomic E-state index is 3.78. The second-order valence-electron chi connectivity index (χ2n) is 3.54. The molecule has 1 heterocycles. The third-order valence-electron chi connectivity index (χ3n) is 2.46. The van der Waals surface area contributed by atoms with Crippen LogP contribution in [-0.4, -0.2) is 9.97 Å². The molecule has 1 saturated carbocycles. The van der Waals surface area contributed by atoms with Gasteiger partial charge in [0.25, 0.3) is 0 Å². The van der Waals surface area contributed by atoms with Gasteiger partial charge in [-0.05, 0) is 24.8 Å². The Labute approximate surface area is 86.1 Å². The van der Waals surface area contributed by atoms with Gasteiger partial charge in [0, 0.05) is 12.4 Å². The Bertz CT molecular complexity index is 201. The normalized spacial score (nSPS) is 16.6. The van der Waals surface area contributed by atoms with Crippen molar-refractivity contribution in [1.82, 2.24) is 9.97 Å². The van der Waals surface area contributed by atoms with Gasteiger partial charge in [-0.25, -0.2) is 9.97 Å². The summed E-state index contributed by atoms with van der Waals surface area (Å²) in [5, 5.41) is 0. The molecule has 0 spiro atoms. The van der Waals surface area contributed by atoms with Crippen LogP contribution in [-0.2, 0) is 0 Å². The lowest BCUT2D eigenvalue weighted by Crippen LogP contribution is -2.01. The Morgan fingerprint density at radius 3 is 2.00 bits per heavy atom. The zero-order valence-electron chi connectivity index (χ0n) is 8.60. The summed E-state index contributed by atoms with van der Waals surface area (Å²) >= 11 is 0. The fourth-order valence-corrected chi connectivity index (χ4v) is 1.62. The van der Waals surface area contributed by atoms with E-state index in [9.17, 15) is 0 Å². The van der Waals surface area contributed by atoms with Crippen molar-refractivity contribution in [3.05, 3.63) is 37.4 Å². The van der Waals surface area contributed by atoms with Crippen molar-refractivity contribution < 1.29 is 0 Å². The van der Waals surface area contributed by atoms with Gasteiger partial charge in [0.05, 0.1) is 0 Å². The molecule has 1 aliphatic carbocycles. The van der Waals surface area contributed by atoms with Crippen molar-refractivity contribution in [3.63, 3.8) is 0 Å². The highest BCUT2D eigenvalue weighted by Crippen LogP contribution is 2.23. The van der Waals surface area contributed by atoms with Gasteiger partial charge in [-0.1, -0.05) is 25.3 Å². The van der Waals surface area contributed by atoms with Crippen LogP contribution in [0.2, 0.25) is 0 Å². The molecule has 0 amide bonds. The molecular weight excluding hydrogens is 172 g/mol. The topological polar surface area (TPSA) is 25.8 Å². The SMILES string of the molecule is C=CC1CCCCC1.c1cncnc1. The molecule has 1 aromatic rings. The zero-order valence-corrected chi connectivity index (χ0v) is 8.60. The molecule has 2 heteroatoms. The average Bonchev–Trinajstić information content (AvgIpc) is 2.33. The first-order valence-corrected chi connectivity index (χ1v) is 5.26. The van der Waals surface area contributed by atoms with Crippen LogP contribution >= 0.6 is 0 Å². The molecule has 2 rings (SSSR count). The first-order chi connectivity index (χ1) is 6.93. The summed E-state index contributed by atoms with van der Waals surface area (Å²) in [5.41, 5.74) is 0. The minimum Gasteiger partial charge on any atom is -0.245 e. The summed E-state index contributed by atoms with van der Waals surface area (Å²) in [4.78, 5) is 7.35. The highest BCUT2D eigenvalue weighted by Gasteiger charge is 2.07. The second kappa shape index (κ2) is 7.25. The number of allylic oxidation sites excluding steroid dienone is 1. The fraction of sp³-hybridized carbons (Fsp3) is 0.500. The van der Waals surface area contributed by atoms with Gasteiger partial charge in [0.15, 0.2) is 0 Å². The van der Waals surface area contributed by atoms with E-state index in [0.29, 0.717) is 0 Å². The Morgan fingerprint density at radius 2 is 1.71 bits per heavy atom. The second-order valence-corrected chi connectivity index (χ2v) is 3.54. The molecule has 0 radical (unpaired) electrons. The van der Waals surface area contributed by atoms with Crippen LogP contribution in [0.25, 0.3) is 0 Å². The van der Waals surface area contributed by atoms with E-state index in [2.05, 4.69) is 22.6 Å². The third kappa shape index (κ3) is 4.75. The van der Waals surface area contributed by atoms with Crippen molar-refractivity contribution in [2.24, 2.45) is 5.92 Å². The van der Waals surface area contributed by atoms with Gasteiger partial charge in [-0.15, -0.1) is 6.58 Å². The molecule has 14 heavy (non-hydrogen) atoms. The van der Waals surface area contributed by atoms with Gasteiger partial charge in [0.1, 0.15) is 6.33 Å². The Balaban J connectivity index is 0.000000146. The number of hydrogen-bond donors (Lipinski definition) is 0. The largest absolute Gasteiger partial charge is 0.245 e. The smallest absolute Gasteiger partial charge is 0.115 e. The minimum atomic E-state index is 0.851. The van der Waals surface area contributed by atoms with Gasteiger partial charge in [-0.2, -0.15) is 0 Å². The van der Waals surface area contributed by atoms with E-state index >= 15 is 0 Å². The minimum absolute atomic E-state index is 0.851. The molecule has 1 fully saturated rings. The molecule has 0 unspecified atom stereocenters. The van der Waals surface area contributed by atoms with Crippen LogP contribution in [0.3, 0.4) is 0 Å². The Morgan fingerprint density at radius 1 is 1.07 bits per heavy atom. The molecule has 0 saturated heterocycles. The lowest BCUT2D eigenvalue weighted by molar-refractivity contribution is 0.420. The van der Waals surface area contributed by atoms with E-state index in [1.165, 1.54) is 38.4 Å². The van der Waals surface area contributed by atoms with Crippen LogP contribution in [0, 0.1) is 5.92 Å². The summed E-state index contributed by atoms with van der Waals surface area (Å²) in [5.74, 6) is 0.851. The summed E-state index contributed by atoms with van der Waals surface area (Å²) in [6, 6.07) is 1.78. The average molecular weight is 190 g/mol. The standard InChI is InChI=1S/C8H14.C4H4N2/c1-2-8-6-4-3-5-7-8;1-2-5-4-6-3-1/h2,8H,1,3-7H2;1-4H. The van der Waals surface area contributed by atoms with Gasteiger partial charge >= 0.3 is 0 Å². The highest BCUT2D eigenvalue weighted by atomic mass is 14.8. The van der Waals surface area contributed by atoms with E-state index in [-0.39, 0.29) is 0 Å². The Hall–Kier alpha value is -1.18. The monoisotopic (exact) mass is 190 g/mol. The van der Waals surface area contributed by atoms with E-state index < -0.39 is 0 Å². The lowest BCUT2D eigenvalue weighted by Gasteiger charge is -2.16. The third-order valence-corrected chi connectivity index (χ3v) is 2.46. The van der Waals surface area contributed by atoms with E-state index in [4.69, 9.17) is 0 Å². The van der Waals surface area contributed by atoms with Crippen molar-refractivity contribution in [2.45, 2.75) is 32.1 Å². The molecular formula is C12H18N2. The summed E-state index contributed by atoms with van der Waals surface area (Å²) in [6.45, 7) is 3.78. The van der Waals surface area contributed by atoms with Crippen molar-refractivity contribution in [3.8, 4) is 0 Å².